The molecule has 0 radical (unpaired) electrons. The van der Waals surface area contributed by atoms with Gasteiger partial charge in [-0.15, -0.1) is 11.3 Å². The minimum atomic E-state index is -0.125. The Hall–Kier alpha value is -1.92. The fourth-order valence-corrected chi connectivity index (χ4v) is 2.30. The van der Waals surface area contributed by atoms with Crippen molar-refractivity contribution in [1.82, 2.24) is 9.88 Å². The smallest absolute Gasteiger partial charge is 0.272 e. The number of nitrogens with two attached hydrogens (primary N) is 1. The second-order valence-electron chi connectivity index (χ2n) is 3.81. The number of carbonyl (C=O) groups excluding carboxylic acids is 1. The Balaban J connectivity index is 2.10. The summed E-state index contributed by atoms with van der Waals surface area (Å²) in [6.45, 7) is 0.582. The first-order chi connectivity index (χ1) is 8.70. The van der Waals surface area contributed by atoms with Gasteiger partial charge in [-0.1, -0.05) is 6.07 Å². The van der Waals surface area contributed by atoms with Crippen molar-refractivity contribution in [1.29, 1.82) is 0 Å². The van der Waals surface area contributed by atoms with Gasteiger partial charge in [-0.2, -0.15) is 0 Å². The molecule has 0 bridgehead atoms. The first-order valence-corrected chi connectivity index (χ1v) is 6.29. The van der Waals surface area contributed by atoms with Crippen LogP contribution in [0.3, 0.4) is 0 Å². The number of nitrogen functional groups attached to an aromatic ring is 1. The Bertz CT molecular complexity index is 527. The van der Waals surface area contributed by atoms with Gasteiger partial charge < -0.3 is 10.3 Å². The van der Waals surface area contributed by atoms with Gasteiger partial charge in [0, 0.05) is 18.1 Å². The van der Waals surface area contributed by atoms with E-state index < -0.39 is 0 Å². The van der Waals surface area contributed by atoms with E-state index in [1.807, 2.05) is 17.5 Å². The maximum atomic E-state index is 12.1. The molecule has 0 saturated heterocycles. The lowest BCUT2D eigenvalue weighted by Gasteiger charge is -2.15. The monoisotopic (exact) mass is 262 g/mol. The molecule has 0 atom stereocenters. The van der Waals surface area contributed by atoms with Crippen LogP contribution in [0.2, 0.25) is 0 Å². The third-order valence-electron chi connectivity index (χ3n) is 2.47. The van der Waals surface area contributed by atoms with Crippen molar-refractivity contribution in [3.05, 3.63) is 46.4 Å². The number of carbonyl (C=O) groups is 1. The predicted octanol–water partition coefficient (Wildman–Crippen LogP) is 1.70. The number of rotatable bonds is 4. The van der Waals surface area contributed by atoms with Gasteiger partial charge >= 0.3 is 0 Å². The second kappa shape index (κ2) is 5.61. The first kappa shape index (κ1) is 12.5. The van der Waals surface area contributed by atoms with E-state index in [2.05, 4.69) is 10.4 Å². The normalized spacial score (nSPS) is 10.1. The number of thiophene rings is 1. The fraction of sp³-hybridized carbons (Fsp3) is 0.167. The second-order valence-corrected chi connectivity index (χ2v) is 4.85. The van der Waals surface area contributed by atoms with Crippen molar-refractivity contribution in [2.24, 2.45) is 5.84 Å². The van der Waals surface area contributed by atoms with Gasteiger partial charge in [-0.25, -0.2) is 0 Å². The largest absolute Gasteiger partial charge is 0.335 e. The van der Waals surface area contributed by atoms with Crippen LogP contribution in [0.25, 0.3) is 0 Å². The molecule has 0 aliphatic rings. The maximum absolute atomic E-state index is 12.1. The molecule has 3 N–H and O–H groups in total. The van der Waals surface area contributed by atoms with Crippen LogP contribution in [0.5, 0.6) is 0 Å². The molecule has 2 aromatic rings. The van der Waals surface area contributed by atoms with Crippen LogP contribution < -0.4 is 11.3 Å². The zero-order valence-electron chi connectivity index (χ0n) is 9.96. The van der Waals surface area contributed by atoms with Gasteiger partial charge in [0.1, 0.15) is 5.69 Å². The number of nitrogens with one attached hydrogen (secondary N) is 1. The summed E-state index contributed by atoms with van der Waals surface area (Å²) in [6.07, 6.45) is 1.56. The molecule has 18 heavy (non-hydrogen) atoms. The highest BCUT2D eigenvalue weighted by molar-refractivity contribution is 7.09. The fourth-order valence-electron chi connectivity index (χ4n) is 1.54. The standard InChI is InChI=1S/C12H14N4OS/c1-16(8-10-3-2-6-18-10)12(17)11-7-9(15-13)4-5-14-11/h2-7H,8,13H2,1H3,(H,14,15). The van der Waals surface area contributed by atoms with E-state index in [1.54, 1.807) is 41.6 Å². The van der Waals surface area contributed by atoms with Crippen molar-refractivity contribution in [2.45, 2.75) is 6.54 Å². The summed E-state index contributed by atoms with van der Waals surface area (Å²) in [7, 11) is 1.76. The van der Waals surface area contributed by atoms with Crippen LogP contribution in [0.4, 0.5) is 5.69 Å². The molecule has 1 amide bonds. The van der Waals surface area contributed by atoms with E-state index in [4.69, 9.17) is 5.84 Å². The van der Waals surface area contributed by atoms with Crippen molar-refractivity contribution in [3.63, 3.8) is 0 Å². The number of pyridine rings is 1. The summed E-state index contributed by atoms with van der Waals surface area (Å²) in [5.41, 5.74) is 3.54. The Morgan fingerprint density at radius 1 is 1.56 bits per heavy atom. The van der Waals surface area contributed by atoms with E-state index in [1.165, 1.54) is 0 Å². The molecule has 2 rings (SSSR count). The summed E-state index contributed by atoms with van der Waals surface area (Å²) in [4.78, 5) is 19.0. The Labute approximate surface area is 109 Å². The quantitative estimate of drug-likeness (QED) is 0.650. The van der Waals surface area contributed by atoms with Gasteiger partial charge in [0.15, 0.2) is 0 Å². The number of amides is 1. The average molecular weight is 262 g/mol. The molecule has 2 heterocycles. The number of aromatic nitrogens is 1. The van der Waals surface area contributed by atoms with E-state index in [0.717, 1.165) is 4.88 Å². The summed E-state index contributed by atoms with van der Waals surface area (Å²) >= 11 is 1.62. The average Bonchev–Trinajstić information content (AvgIpc) is 2.90. The maximum Gasteiger partial charge on any atom is 0.272 e. The highest BCUT2D eigenvalue weighted by Gasteiger charge is 2.14. The predicted molar refractivity (Wildman–Crippen MR) is 72.2 cm³/mol. The molecule has 0 saturated carbocycles. The summed E-state index contributed by atoms with van der Waals surface area (Å²) in [5.74, 6) is 5.18. The molecule has 0 aromatic carbocycles. The van der Waals surface area contributed by atoms with Gasteiger partial charge in [0.05, 0.1) is 12.2 Å². The minimum absolute atomic E-state index is 0.125. The molecule has 0 fully saturated rings. The van der Waals surface area contributed by atoms with Crippen LogP contribution in [0.15, 0.2) is 35.8 Å². The molecule has 6 heteroatoms. The lowest BCUT2D eigenvalue weighted by molar-refractivity contribution is 0.0780. The van der Waals surface area contributed by atoms with Crippen LogP contribution >= 0.6 is 11.3 Å². The third-order valence-corrected chi connectivity index (χ3v) is 3.33. The number of hydrogen-bond acceptors (Lipinski definition) is 5. The van der Waals surface area contributed by atoms with Gasteiger partial charge in [0.25, 0.3) is 5.91 Å². The SMILES string of the molecule is CN(Cc1cccs1)C(=O)c1cc(NN)ccn1. The molecule has 0 spiro atoms. The van der Waals surface area contributed by atoms with Crippen molar-refractivity contribution < 1.29 is 4.79 Å². The zero-order chi connectivity index (χ0) is 13.0. The molecule has 2 aromatic heterocycles. The van der Waals surface area contributed by atoms with Crippen LogP contribution in [-0.4, -0.2) is 22.8 Å². The number of hydrazine groups is 1. The number of hydrogen-bond donors (Lipinski definition) is 2. The molecule has 0 aliphatic heterocycles. The molecule has 5 nitrogen and oxygen atoms in total. The van der Waals surface area contributed by atoms with Crippen molar-refractivity contribution in [2.75, 3.05) is 12.5 Å². The van der Waals surface area contributed by atoms with Crippen LogP contribution in [0, 0.1) is 0 Å². The van der Waals surface area contributed by atoms with Gasteiger partial charge in [-0.05, 0) is 23.6 Å². The summed E-state index contributed by atoms with van der Waals surface area (Å²) in [6, 6.07) is 7.30. The van der Waals surface area contributed by atoms with E-state index in [9.17, 15) is 4.79 Å². The number of anilines is 1. The van der Waals surface area contributed by atoms with Crippen LogP contribution in [0.1, 0.15) is 15.4 Å². The van der Waals surface area contributed by atoms with Gasteiger partial charge in [0.2, 0.25) is 0 Å². The Morgan fingerprint density at radius 3 is 3.06 bits per heavy atom. The zero-order valence-corrected chi connectivity index (χ0v) is 10.8. The van der Waals surface area contributed by atoms with Crippen LogP contribution in [-0.2, 0) is 6.54 Å². The molecular formula is C12H14N4OS. The minimum Gasteiger partial charge on any atom is -0.335 e. The van der Waals surface area contributed by atoms with Gasteiger partial charge in [-0.3, -0.25) is 15.6 Å². The Kier molecular flexibility index (Phi) is 3.91. The molecular weight excluding hydrogens is 248 g/mol. The van der Waals surface area contributed by atoms with E-state index >= 15 is 0 Å². The molecule has 0 unspecified atom stereocenters. The first-order valence-electron chi connectivity index (χ1n) is 5.41. The highest BCUT2D eigenvalue weighted by atomic mass is 32.1. The van der Waals surface area contributed by atoms with Crippen molar-refractivity contribution >= 4 is 22.9 Å². The van der Waals surface area contributed by atoms with E-state index in [0.29, 0.717) is 17.9 Å². The van der Waals surface area contributed by atoms with E-state index in [-0.39, 0.29) is 5.91 Å². The van der Waals surface area contributed by atoms with Crippen molar-refractivity contribution in [3.8, 4) is 0 Å². The Morgan fingerprint density at radius 2 is 2.39 bits per heavy atom. The third kappa shape index (κ3) is 2.85. The topological polar surface area (TPSA) is 71.2 Å². The summed E-state index contributed by atoms with van der Waals surface area (Å²) < 4.78 is 0. The summed E-state index contributed by atoms with van der Waals surface area (Å²) in [5, 5.41) is 1.99. The highest BCUT2D eigenvalue weighted by Crippen LogP contribution is 2.13. The lowest BCUT2D eigenvalue weighted by atomic mass is 10.3. The molecule has 0 aliphatic carbocycles. The molecule has 94 valence electrons. The lowest BCUT2D eigenvalue weighted by Crippen LogP contribution is -2.26. The number of nitrogens with zero attached hydrogens (tertiary/aromatic N) is 2.